The smallest absolute Gasteiger partial charge is 0.240 e. The molecule has 0 bridgehead atoms. The average molecular weight is 294 g/mol. The van der Waals surface area contributed by atoms with Crippen molar-refractivity contribution in [2.45, 2.75) is 17.9 Å². The first-order valence-electron chi connectivity index (χ1n) is 6.36. The highest BCUT2D eigenvalue weighted by atomic mass is 32.2. The summed E-state index contributed by atoms with van der Waals surface area (Å²) in [6.07, 6.45) is 5.84. The number of benzene rings is 1. The number of hydrogen-bond donors (Lipinski definition) is 2. The second-order valence-corrected chi connectivity index (χ2v) is 6.15. The van der Waals surface area contributed by atoms with Crippen molar-refractivity contribution in [2.75, 3.05) is 13.1 Å². The highest BCUT2D eigenvalue weighted by Crippen LogP contribution is 2.10. The molecular weight excluding hydrogens is 276 g/mol. The molecular formula is C13H18N4O2S. The summed E-state index contributed by atoms with van der Waals surface area (Å²) >= 11 is 0. The molecule has 1 heterocycles. The van der Waals surface area contributed by atoms with E-state index < -0.39 is 10.0 Å². The SMILES string of the molecule is NCCc1ccc(S(=O)(=O)NCCn2ccnc2)cc1. The van der Waals surface area contributed by atoms with Gasteiger partial charge in [0, 0.05) is 25.5 Å². The molecule has 0 fully saturated rings. The van der Waals surface area contributed by atoms with Crippen molar-refractivity contribution in [3.05, 3.63) is 48.5 Å². The lowest BCUT2D eigenvalue weighted by Crippen LogP contribution is -2.27. The fourth-order valence-corrected chi connectivity index (χ4v) is 2.83. The van der Waals surface area contributed by atoms with E-state index >= 15 is 0 Å². The third kappa shape index (κ3) is 3.89. The molecule has 0 saturated heterocycles. The standard InChI is InChI=1S/C13H18N4O2S/c14-6-5-12-1-3-13(4-2-12)20(18,19)16-8-10-17-9-7-15-11-17/h1-4,7,9,11,16H,5-6,8,10,14H2. The maximum atomic E-state index is 12.1. The predicted molar refractivity (Wildman–Crippen MR) is 76.6 cm³/mol. The molecule has 1 aromatic carbocycles. The van der Waals surface area contributed by atoms with Gasteiger partial charge in [0.15, 0.2) is 0 Å². The van der Waals surface area contributed by atoms with E-state index in [0.29, 0.717) is 19.6 Å². The van der Waals surface area contributed by atoms with Crippen molar-refractivity contribution in [3.8, 4) is 0 Å². The number of nitrogens with one attached hydrogen (secondary N) is 1. The van der Waals surface area contributed by atoms with Gasteiger partial charge in [-0.3, -0.25) is 0 Å². The van der Waals surface area contributed by atoms with Gasteiger partial charge in [0.2, 0.25) is 10.0 Å². The lowest BCUT2D eigenvalue weighted by molar-refractivity contribution is 0.573. The van der Waals surface area contributed by atoms with E-state index in [1.165, 1.54) is 0 Å². The second-order valence-electron chi connectivity index (χ2n) is 4.38. The van der Waals surface area contributed by atoms with Gasteiger partial charge in [0.05, 0.1) is 11.2 Å². The van der Waals surface area contributed by atoms with Gasteiger partial charge >= 0.3 is 0 Å². The van der Waals surface area contributed by atoms with Crippen molar-refractivity contribution >= 4 is 10.0 Å². The Kier molecular flexibility index (Phi) is 4.89. The molecule has 2 aromatic rings. The van der Waals surface area contributed by atoms with Crippen molar-refractivity contribution in [3.63, 3.8) is 0 Å². The molecule has 0 atom stereocenters. The van der Waals surface area contributed by atoms with Gasteiger partial charge in [0.1, 0.15) is 0 Å². The Balaban J connectivity index is 1.95. The first-order chi connectivity index (χ1) is 9.62. The van der Waals surface area contributed by atoms with E-state index in [1.54, 1.807) is 43.0 Å². The van der Waals surface area contributed by atoms with Crippen LogP contribution in [0, 0.1) is 0 Å². The second kappa shape index (κ2) is 6.65. The van der Waals surface area contributed by atoms with Gasteiger partial charge in [0.25, 0.3) is 0 Å². The average Bonchev–Trinajstić information content (AvgIpc) is 2.93. The fraction of sp³-hybridized carbons (Fsp3) is 0.308. The van der Waals surface area contributed by atoms with Gasteiger partial charge in [-0.2, -0.15) is 0 Å². The number of nitrogens with two attached hydrogens (primary N) is 1. The number of rotatable bonds is 7. The predicted octanol–water partition coefficient (Wildman–Crippen LogP) is 0.363. The van der Waals surface area contributed by atoms with E-state index in [1.807, 2.05) is 4.57 Å². The molecule has 20 heavy (non-hydrogen) atoms. The molecule has 0 aliphatic carbocycles. The maximum absolute atomic E-state index is 12.1. The van der Waals surface area contributed by atoms with E-state index in [-0.39, 0.29) is 4.90 Å². The zero-order valence-electron chi connectivity index (χ0n) is 11.1. The molecule has 3 N–H and O–H groups in total. The van der Waals surface area contributed by atoms with Crippen LogP contribution in [0.3, 0.4) is 0 Å². The van der Waals surface area contributed by atoms with Gasteiger partial charge in [-0.15, -0.1) is 0 Å². The monoisotopic (exact) mass is 294 g/mol. The summed E-state index contributed by atoms with van der Waals surface area (Å²) < 4.78 is 28.5. The van der Waals surface area contributed by atoms with E-state index in [0.717, 1.165) is 12.0 Å². The molecule has 0 radical (unpaired) electrons. The Bertz CT molecular complexity index is 621. The Morgan fingerprint density at radius 1 is 1.25 bits per heavy atom. The number of imidazole rings is 1. The third-order valence-electron chi connectivity index (χ3n) is 2.89. The molecule has 6 nitrogen and oxygen atoms in total. The van der Waals surface area contributed by atoms with Crippen LogP contribution >= 0.6 is 0 Å². The lowest BCUT2D eigenvalue weighted by atomic mass is 10.2. The molecule has 0 unspecified atom stereocenters. The highest BCUT2D eigenvalue weighted by Gasteiger charge is 2.12. The molecule has 0 aliphatic heterocycles. The van der Waals surface area contributed by atoms with Gasteiger partial charge in [-0.1, -0.05) is 12.1 Å². The number of nitrogens with zero attached hydrogens (tertiary/aromatic N) is 2. The maximum Gasteiger partial charge on any atom is 0.240 e. The van der Waals surface area contributed by atoms with E-state index in [9.17, 15) is 8.42 Å². The molecule has 0 spiro atoms. The summed E-state index contributed by atoms with van der Waals surface area (Å²) in [7, 11) is -3.46. The van der Waals surface area contributed by atoms with Crippen LogP contribution in [0.25, 0.3) is 0 Å². The van der Waals surface area contributed by atoms with Crippen molar-refractivity contribution in [1.29, 1.82) is 0 Å². The summed E-state index contributed by atoms with van der Waals surface area (Å²) in [5, 5.41) is 0. The summed E-state index contributed by atoms with van der Waals surface area (Å²) in [5.41, 5.74) is 6.49. The number of hydrogen-bond acceptors (Lipinski definition) is 4. The van der Waals surface area contributed by atoms with Crippen molar-refractivity contribution < 1.29 is 8.42 Å². The van der Waals surface area contributed by atoms with E-state index in [2.05, 4.69) is 9.71 Å². The van der Waals surface area contributed by atoms with E-state index in [4.69, 9.17) is 5.73 Å². The zero-order valence-corrected chi connectivity index (χ0v) is 11.9. The fourth-order valence-electron chi connectivity index (χ4n) is 1.81. The van der Waals surface area contributed by atoms with Crippen LogP contribution in [0.2, 0.25) is 0 Å². The number of aromatic nitrogens is 2. The number of sulfonamides is 1. The minimum atomic E-state index is -3.46. The van der Waals surface area contributed by atoms with Crippen LogP contribution in [-0.2, 0) is 23.0 Å². The molecule has 0 saturated carbocycles. The summed E-state index contributed by atoms with van der Waals surface area (Å²) in [6, 6.07) is 6.78. The molecule has 108 valence electrons. The normalized spacial score (nSPS) is 11.7. The summed E-state index contributed by atoms with van der Waals surface area (Å²) in [6.45, 7) is 1.42. The molecule has 2 rings (SSSR count). The van der Waals surface area contributed by atoms with Crippen molar-refractivity contribution in [2.24, 2.45) is 5.73 Å². The molecule has 0 aliphatic rings. The van der Waals surface area contributed by atoms with Crippen LogP contribution < -0.4 is 10.5 Å². The Morgan fingerprint density at radius 2 is 2.00 bits per heavy atom. The minimum Gasteiger partial charge on any atom is -0.336 e. The van der Waals surface area contributed by atoms with Crippen LogP contribution in [0.1, 0.15) is 5.56 Å². The highest BCUT2D eigenvalue weighted by molar-refractivity contribution is 7.89. The zero-order chi connectivity index (χ0) is 14.4. The first kappa shape index (κ1) is 14.7. The van der Waals surface area contributed by atoms with Crippen LogP contribution in [-0.4, -0.2) is 31.1 Å². The molecule has 1 aromatic heterocycles. The largest absolute Gasteiger partial charge is 0.336 e. The third-order valence-corrected chi connectivity index (χ3v) is 4.36. The quantitative estimate of drug-likeness (QED) is 0.771. The minimum absolute atomic E-state index is 0.268. The first-order valence-corrected chi connectivity index (χ1v) is 7.84. The molecule has 7 heteroatoms. The topological polar surface area (TPSA) is 90.0 Å². The lowest BCUT2D eigenvalue weighted by Gasteiger charge is -2.08. The van der Waals surface area contributed by atoms with Crippen LogP contribution in [0.15, 0.2) is 47.9 Å². The summed E-state index contributed by atoms with van der Waals surface area (Å²) in [5.74, 6) is 0. The van der Waals surface area contributed by atoms with Crippen molar-refractivity contribution in [1.82, 2.24) is 14.3 Å². The molecule has 0 amide bonds. The van der Waals surface area contributed by atoms with Gasteiger partial charge < -0.3 is 10.3 Å². The summed E-state index contributed by atoms with van der Waals surface area (Å²) in [4.78, 5) is 4.17. The van der Waals surface area contributed by atoms with Crippen LogP contribution in [0.5, 0.6) is 0 Å². The van der Waals surface area contributed by atoms with Crippen LogP contribution in [0.4, 0.5) is 0 Å². The Hall–Kier alpha value is -1.70. The van der Waals surface area contributed by atoms with Gasteiger partial charge in [-0.05, 0) is 30.7 Å². The Labute approximate surface area is 118 Å². The van der Waals surface area contributed by atoms with Gasteiger partial charge in [-0.25, -0.2) is 18.1 Å². The Morgan fingerprint density at radius 3 is 2.60 bits per heavy atom.